The molecule has 3 amide bonds. The molecule has 0 unspecified atom stereocenters. The zero-order valence-electron chi connectivity index (χ0n) is 26.6. The second-order valence-corrected chi connectivity index (χ2v) is 12.9. The second-order valence-electron chi connectivity index (χ2n) is 12.9. The molecule has 2 aliphatic rings. The number of aromatic nitrogens is 2. The third kappa shape index (κ3) is 7.94. The van der Waals surface area contributed by atoms with Gasteiger partial charge in [-0.3, -0.25) is 29.4 Å². The first-order valence-electron chi connectivity index (χ1n) is 16.3. The van der Waals surface area contributed by atoms with E-state index in [1.165, 1.54) is 6.42 Å². The SMILES string of the molecule is Cc1cc(C(=O)NC2CCC2)ccc1-c1ccc(C[C@H](NC(=O)C2CCC(CN)CC2)C(=O)Nc2ccc3c(=O)[nH][nH]c3c2)cc1.Cl. The number of aryl methyl sites for hydroxylation is 1. The molecule has 0 bridgehead atoms. The van der Waals surface area contributed by atoms with Gasteiger partial charge in [-0.15, -0.1) is 12.4 Å². The molecule has 6 rings (SSSR count). The van der Waals surface area contributed by atoms with Crippen LogP contribution in [0.2, 0.25) is 0 Å². The standard InChI is InChI=1S/C36H42N6O4.ClH/c1-21-17-26(34(44)38-27-3-2-4-27)13-15-29(21)24-9-5-22(6-10-24)18-32(40-33(43)25-11-7-23(20-37)8-12-25)36(46)39-28-14-16-30-31(19-28)41-42-35(30)45;/h5-6,9-10,13-17,19,23,25,27,32H,2-4,7-8,11-12,18,20,37H2,1H3,(H,38,44)(H,39,46)(H,40,43)(H2,41,42,45);1H/t23?,25?,32-;/m0./s1. The second kappa shape index (κ2) is 15.0. The molecule has 4 aromatic rings. The van der Waals surface area contributed by atoms with E-state index < -0.39 is 6.04 Å². The number of H-pyrrole nitrogens is 2. The van der Waals surface area contributed by atoms with Crippen molar-refractivity contribution in [2.24, 2.45) is 17.6 Å². The van der Waals surface area contributed by atoms with E-state index in [2.05, 4.69) is 26.1 Å². The molecule has 3 aromatic carbocycles. The van der Waals surface area contributed by atoms with E-state index in [1.807, 2.05) is 49.4 Å². The third-order valence-electron chi connectivity index (χ3n) is 9.66. The number of carbonyl (C=O) groups excluding carboxylic acids is 3. The fourth-order valence-electron chi connectivity index (χ4n) is 6.51. The highest BCUT2D eigenvalue weighted by Gasteiger charge is 2.29. The van der Waals surface area contributed by atoms with Gasteiger partial charge in [0.1, 0.15) is 6.04 Å². The lowest BCUT2D eigenvalue weighted by Crippen LogP contribution is -2.48. The predicted octanol–water partition coefficient (Wildman–Crippen LogP) is 4.97. The van der Waals surface area contributed by atoms with Crippen LogP contribution in [0, 0.1) is 18.8 Å². The predicted molar refractivity (Wildman–Crippen MR) is 187 cm³/mol. The Morgan fingerprint density at radius 2 is 1.66 bits per heavy atom. The van der Waals surface area contributed by atoms with Crippen molar-refractivity contribution in [3.63, 3.8) is 0 Å². The summed E-state index contributed by atoms with van der Waals surface area (Å²) in [5.41, 5.74) is 11.3. The van der Waals surface area contributed by atoms with Gasteiger partial charge in [0.05, 0.1) is 10.9 Å². The average Bonchev–Trinajstić information content (AvgIpc) is 3.42. The average molecular weight is 659 g/mol. The molecule has 1 heterocycles. The van der Waals surface area contributed by atoms with Gasteiger partial charge in [0.15, 0.2) is 0 Å². The summed E-state index contributed by atoms with van der Waals surface area (Å²) in [5.74, 6) is -0.189. The van der Waals surface area contributed by atoms with Crippen LogP contribution in [-0.4, -0.2) is 46.5 Å². The van der Waals surface area contributed by atoms with Crippen LogP contribution in [0.4, 0.5) is 5.69 Å². The molecular formula is C36H43ClN6O4. The van der Waals surface area contributed by atoms with E-state index >= 15 is 0 Å². The largest absolute Gasteiger partial charge is 0.349 e. The number of nitrogens with two attached hydrogens (primary N) is 1. The number of nitrogens with one attached hydrogen (secondary N) is 5. The first kappa shape index (κ1) is 33.9. The zero-order valence-corrected chi connectivity index (χ0v) is 27.4. The maximum atomic E-state index is 13.6. The van der Waals surface area contributed by atoms with E-state index in [-0.39, 0.29) is 47.6 Å². The maximum absolute atomic E-state index is 13.6. The third-order valence-corrected chi connectivity index (χ3v) is 9.66. The molecule has 0 aliphatic heterocycles. The quantitative estimate of drug-likeness (QED) is 0.142. The molecule has 47 heavy (non-hydrogen) atoms. The Hall–Kier alpha value is -4.41. The molecule has 0 spiro atoms. The summed E-state index contributed by atoms with van der Waals surface area (Å²) in [4.78, 5) is 51.5. The van der Waals surface area contributed by atoms with Crippen LogP contribution < -0.4 is 27.2 Å². The van der Waals surface area contributed by atoms with Crippen LogP contribution in [0.25, 0.3) is 22.0 Å². The Morgan fingerprint density at radius 3 is 2.32 bits per heavy atom. The van der Waals surface area contributed by atoms with E-state index in [9.17, 15) is 19.2 Å². The van der Waals surface area contributed by atoms with Gasteiger partial charge in [-0.2, -0.15) is 0 Å². The summed E-state index contributed by atoms with van der Waals surface area (Å²) in [6.07, 6.45) is 6.90. The molecule has 1 atom stereocenters. The molecule has 2 saturated carbocycles. The Balaban J connectivity index is 0.00000433. The molecule has 2 aliphatic carbocycles. The molecule has 7 N–H and O–H groups in total. The van der Waals surface area contributed by atoms with Crippen molar-refractivity contribution in [3.05, 3.63) is 87.7 Å². The van der Waals surface area contributed by atoms with Crippen LogP contribution in [0.5, 0.6) is 0 Å². The number of hydrogen-bond donors (Lipinski definition) is 6. The minimum absolute atomic E-state index is 0. The van der Waals surface area contributed by atoms with Crippen molar-refractivity contribution in [1.82, 2.24) is 20.8 Å². The lowest BCUT2D eigenvalue weighted by molar-refractivity contribution is -0.130. The molecule has 248 valence electrons. The van der Waals surface area contributed by atoms with Gasteiger partial charge in [0, 0.05) is 29.6 Å². The summed E-state index contributed by atoms with van der Waals surface area (Å²) >= 11 is 0. The summed E-state index contributed by atoms with van der Waals surface area (Å²) in [5, 5.41) is 14.9. The molecule has 0 radical (unpaired) electrons. The number of carbonyl (C=O) groups is 3. The van der Waals surface area contributed by atoms with E-state index in [4.69, 9.17) is 5.73 Å². The Bertz CT molecular complexity index is 1790. The van der Waals surface area contributed by atoms with E-state index in [0.717, 1.165) is 60.8 Å². The molecular weight excluding hydrogens is 616 g/mol. The number of aromatic amines is 2. The van der Waals surface area contributed by atoms with Gasteiger partial charge < -0.3 is 21.7 Å². The van der Waals surface area contributed by atoms with Crippen molar-refractivity contribution in [2.45, 2.75) is 70.4 Å². The Labute approximate surface area is 280 Å². The molecule has 1 aromatic heterocycles. The Morgan fingerprint density at radius 1 is 0.915 bits per heavy atom. The number of rotatable bonds is 10. The number of fused-ring (bicyclic) bond motifs is 1. The minimum atomic E-state index is -0.804. The van der Waals surface area contributed by atoms with Gasteiger partial charge in [0.2, 0.25) is 11.8 Å². The summed E-state index contributed by atoms with van der Waals surface area (Å²) < 4.78 is 0. The Kier molecular flexibility index (Phi) is 10.8. The van der Waals surface area contributed by atoms with Crippen LogP contribution in [0.15, 0.2) is 65.5 Å². The topological polar surface area (TPSA) is 162 Å². The lowest BCUT2D eigenvalue weighted by Gasteiger charge is -2.28. The van der Waals surface area contributed by atoms with Crippen LogP contribution in [-0.2, 0) is 16.0 Å². The summed E-state index contributed by atoms with van der Waals surface area (Å²) in [6, 6.07) is 18.2. The van der Waals surface area contributed by atoms with Gasteiger partial charge in [-0.05, 0) is 117 Å². The highest BCUT2D eigenvalue weighted by Crippen LogP contribution is 2.29. The van der Waals surface area contributed by atoms with E-state index in [1.54, 1.807) is 18.2 Å². The number of amides is 3. The fraction of sp³-hybridized carbons (Fsp3) is 0.389. The first-order valence-corrected chi connectivity index (χ1v) is 16.3. The monoisotopic (exact) mass is 658 g/mol. The molecule has 10 nitrogen and oxygen atoms in total. The van der Waals surface area contributed by atoms with Crippen molar-refractivity contribution in [1.29, 1.82) is 0 Å². The first-order chi connectivity index (χ1) is 22.3. The number of halogens is 1. The summed E-state index contributed by atoms with van der Waals surface area (Å²) in [6.45, 7) is 2.63. The number of anilines is 1. The van der Waals surface area contributed by atoms with E-state index in [0.29, 0.717) is 41.0 Å². The van der Waals surface area contributed by atoms with Gasteiger partial charge in [-0.1, -0.05) is 30.3 Å². The van der Waals surface area contributed by atoms with Gasteiger partial charge in [0.25, 0.3) is 11.5 Å². The maximum Gasteiger partial charge on any atom is 0.271 e. The van der Waals surface area contributed by atoms with Crippen molar-refractivity contribution in [3.8, 4) is 11.1 Å². The van der Waals surface area contributed by atoms with Crippen LogP contribution >= 0.6 is 12.4 Å². The highest BCUT2D eigenvalue weighted by molar-refractivity contribution is 5.99. The van der Waals surface area contributed by atoms with Crippen LogP contribution in [0.3, 0.4) is 0 Å². The molecule has 11 heteroatoms. The molecule has 2 fully saturated rings. The van der Waals surface area contributed by atoms with Gasteiger partial charge >= 0.3 is 0 Å². The minimum Gasteiger partial charge on any atom is -0.349 e. The van der Waals surface area contributed by atoms with Crippen molar-refractivity contribution < 1.29 is 14.4 Å². The fourth-order valence-corrected chi connectivity index (χ4v) is 6.51. The zero-order chi connectivity index (χ0) is 32.2. The van der Waals surface area contributed by atoms with Crippen molar-refractivity contribution in [2.75, 3.05) is 11.9 Å². The van der Waals surface area contributed by atoms with Crippen molar-refractivity contribution >= 4 is 46.7 Å². The number of benzene rings is 3. The van der Waals surface area contributed by atoms with Crippen LogP contribution in [0.1, 0.15) is 66.4 Å². The normalized spacial score (nSPS) is 18.4. The highest BCUT2D eigenvalue weighted by atomic mass is 35.5. The number of hydrogen-bond acceptors (Lipinski definition) is 5. The summed E-state index contributed by atoms with van der Waals surface area (Å²) in [7, 11) is 0. The smallest absolute Gasteiger partial charge is 0.271 e. The lowest BCUT2D eigenvalue weighted by atomic mass is 9.81. The molecule has 0 saturated heterocycles. The van der Waals surface area contributed by atoms with Gasteiger partial charge in [-0.25, -0.2) is 0 Å².